The van der Waals surface area contributed by atoms with Gasteiger partial charge in [-0.05, 0) is 23.0 Å². The molecule has 0 bridgehead atoms. The highest BCUT2D eigenvalue weighted by Gasteiger charge is 2.07. The van der Waals surface area contributed by atoms with E-state index in [1.165, 1.54) is 11.1 Å². The molecule has 0 N–H and O–H groups in total. The van der Waals surface area contributed by atoms with Crippen LogP contribution in [0.4, 0.5) is 0 Å². The van der Waals surface area contributed by atoms with Crippen molar-refractivity contribution in [3.05, 3.63) is 41.0 Å². The molecule has 0 saturated heterocycles. The first-order valence-corrected chi connectivity index (χ1v) is 5.65. The van der Waals surface area contributed by atoms with Crippen LogP contribution in [0.3, 0.4) is 0 Å². The molecule has 1 aliphatic heterocycles. The average Bonchev–Trinajstić information content (AvgIpc) is 2.15. The fraction of sp³-hybridized carbons (Fsp3) is 0.364. The summed E-state index contributed by atoms with van der Waals surface area (Å²) in [5, 5.41) is 2.12. The second-order valence-electron chi connectivity index (χ2n) is 3.58. The summed E-state index contributed by atoms with van der Waals surface area (Å²) in [5.41, 5.74) is 5.72. The van der Waals surface area contributed by atoms with Crippen molar-refractivity contribution in [2.75, 3.05) is 5.75 Å². The van der Waals surface area contributed by atoms with Crippen molar-refractivity contribution in [1.82, 2.24) is 0 Å². The number of hydrogen-bond donors (Lipinski definition) is 0. The highest BCUT2D eigenvalue weighted by atomic mass is 32.2. The van der Waals surface area contributed by atoms with Crippen molar-refractivity contribution in [1.29, 1.82) is 0 Å². The van der Waals surface area contributed by atoms with Crippen LogP contribution in [0.2, 0.25) is 5.82 Å². The van der Waals surface area contributed by atoms with E-state index in [4.69, 9.17) is 0 Å². The molecule has 13 heavy (non-hydrogen) atoms. The minimum atomic E-state index is 0.682. The molecule has 0 aromatic carbocycles. The van der Waals surface area contributed by atoms with E-state index in [0.717, 1.165) is 12.2 Å². The minimum Gasteiger partial charge on any atom is -0.129 e. The summed E-state index contributed by atoms with van der Waals surface area (Å²) in [5.74, 6) is 1.75. The SMILES string of the molecule is BC(C)CC(=C=C)C1=CC=CSC1. The standard InChI is InChI=1S/C11H15BS/c1-3-10(7-9(2)12)11-5-4-6-13-8-11/h4-6,9H,1,7-8,12H2,2H3. The number of rotatable bonds is 3. The molecule has 0 radical (unpaired) electrons. The predicted octanol–water partition coefficient (Wildman–Crippen LogP) is 2.72. The molecular weight excluding hydrogens is 175 g/mol. The van der Waals surface area contributed by atoms with Crippen LogP contribution < -0.4 is 0 Å². The first kappa shape index (κ1) is 10.5. The lowest BCUT2D eigenvalue weighted by Gasteiger charge is -2.12. The second-order valence-corrected chi connectivity index (χ2v) is 4.48. The fourth-order valence-corrected chi connectivity index (χ4v) is 2.05. The maximum atomic E-state index is 3.75. The minimum absolute atomic E-state index is 0.682. The second kappa shape index (κ2) is 5.21. The lowest BCUT2D eigenvalue weighted by molar-refractivity contribution is 0.909. The van der Waals surface area contributed by atoms with E-state index in [2.05, 4.69) is 44.6 Å². The Bertz CT molecular complexity index is 280. The monoisotopic (exact) mass is 190 g/mol. The Morgan fingerprint density at radius 1 is 1.85 bits per heavy atom. The molecule has 1 atom stereocenters. The van der Waals surface area contributed by atoms with Gasteiger partial charge in [0.05, 0.1) is 0 Å². The van der Waals surface area contributed by atoms with E-state index in [0.29, 0.717) is 5.82 Å². The molecule has 0 amide bonds. The predicted molar refractivity (Wildman–Crippen MR) is 64.9 cm³/mol. The molecule has 1 aliphatic rings. The van der Waals surface area contributed by atoms with Gasteiger partial charge < -0.3 is 0 Å². The van der Waals surface area contributed by atoms with Gasteiger partial charge in [-0.25, -0.2) is 0 Å². The van der Waals surface area contributed by atoms with Crippen molar-refractivity contribution in [3.8, 4) is 0 Å². The van der Waals surface area contributed by atoms with Gasteiger partial charge in [0.2, 0.25) is 0 Å². The van der Waals surface area contributed by atoms with Crippen LogP contribution in [0, 0.1) is 0 Å². The molecule has 0 aromatic heterocycles. The van der Waals surface area contributed by atoms with E-state index >= 15 is 0 Å². The molecular formula is C11H15BS. The third-order valence-corrected chi connectivity index (χ3v) is 2.75. The van der Waals surface area contributed by atoms with E-state index in [1.54, 1.807) is 0 Å². The summed E-state index contributed by atoms with van der Waals surface area (Å²) in [6.45, 7) is 5.98. The van der Waals surface area contributed by atoms with Crippen LogP contribution in [0.15, 0.2) is 41.0 Å². The highest BCUT2D eigenvalue weighted by Crippen LogP contribution is 2.25. The van der Waals surface area contributed by atoms with E-state index in [-0.39, 0.29) is 0 Å². The molecule has 1 unspecified atom stereocenters. The molecule has 2 heteroatoms. The van der Waals surface area contributed by atoms with Crippen LogP contribution in [0.5, 0.6) is 0 Å². The lowest BCUT2D eigenvalue weighted by atomic mass is 9.82. The Hall–Kier alpha value is -0.585. The van der Waals surface area contributed by atoms with Crippen LogP contribution in [-0.4, -0.2) is 13.6 Å². The molecule has 1 rings (SSSR count). The van der Waals surface area contributed by atoms with Gasteiger partial charge in [-0.1, -0.05) is 31.5 Å². The zero-order chi connectivity index (χ0) is 9.68. The zero-order valence-corrected chi connectivity index (χ0v) is 9.16. The molecule has 1 heterocycles. The normalized spacial score (nSPS) is 17.5. The maximum Gasteiger partial charge on any atom is 0.105 e. The lowest BCUT2D eigenvalue weighted by Crippen LogP contribution is -1.97. The van der Waals surface area contributed by atoms with Gasteiger partial charge in [0, 0.05) is 5.75 Å². The Kier molecular flexibility index (Phi) is 4.21. The number of thioether (sulfide) groups is 1. The van der Waals surface area contributed by atoms with Crippen LogP contribution in [-0.2, 0) is 0 Å². The molecule has 68 valence electrons. The Balaban J connectivity index is 2.72. The first-order chi connectivity index (χ1) is 6.24. The van der Waals surface area contributed by atoms with Gasteiger partial charge in [-0.2, -0.15) is 0 Å². The molecule has 0 fully saturated rings. The van der Waals surface area contributed by atoms with Crippen molar-refractivity contribution < 1.29 is 0 Å². The van der Waals surface area contributed by atoms with E-state index < -0.39 is 0 Å². The fourth-order valence-electron chi connectivity index (χ4n) is 1.31. The number of hydrogen-bond acceptors (Lipinski definition) is 1. The maximum absolute atomic E-state index is 3.75. The Morgan fingerprint density at radius 2 is 2.62 bits per heavy atom. The van der Waals surface area contributed by atoms with Gasteiger partial charge in [0.1, 0.15) is 7.85 Å². The van der Waals surface area contributed by atoms with Crippen LogP contribution in [0.1, 0.15) is 13.3 Å². The third-order valence-electron chi connectivity index (χ3n) is 1.92. The van der Waals surface area contributed by atoms with E-state index in [9.17, 15) is 0 Å². The third kappa shape index (κ3) is 3.34. The Morgan fingerprint density at radius 3 is 3.08 bits per heavy atom. The van der Waals surface area contributed by atoms with Gasteiger partial charge >= 0.3 is 0 Å². The Labute approximate surface area is 85.9 Å². The number of allylic oxidation sites excluding steroid dienone is 3. The summed E-state index contributed by atoms with van der Waals surface area (Å²) in [6.07, 6.45) is 5.36. The van der Waals surface area contributed by atoms with Crippen LogP contribution in [0.25, 0.3) is 0 Å². The summed E-state index contributed by atoms with van der Waals surface area (Å²) in [7, 11) is 2.23. The van der Waals surface area contributed by atoms with E-state index in [1.807, 2.05) is 11.8 Å². The van der Waals surface area contributed by atoms with Crippen molar-refractivity contribution in [2.24, 2.45) is 0 Å². The van der Waals surface area contributed by atoms with Gasteiger partial charge in [0.25, 0.3) is 0 Å². The molecule has 0 aromatic rings. The molecule has 0 aliphatic carbocycles. The van der Waals surface area contributed by atoms with Crippen molar-refractivity contribution >= 4 is 19.6 Å². The summed E-state index contributed by atoms with van der Waals surface area (Å²) >= 11 is 1.84. The topological polar surface area (TPSA) is 0 Å². The van der Waals surface area contributed by atoms with Gasteiger partial charge in [-0.3, -0.25) is 0 Å². The molecule has 0 nitrogen and oxygen atoms in total. The highest BCUT2D eigenvalue weighted by molar-refractivity contribution is 8.02. The van der Waals surface area contributed by atoms with Gasteiger partial charge in [-0.15, -0.1) is 17.5 Å². The molecule has 0 saturated carbocycles. The average molecular weight is 190 g/mol. The van der Waals surface area contributed by atoms with Gasteiger partial charge in [0.15, 0.2) is 0 Å². The summed E-state index contributed by atoms with van der Waals surface area (Å²) < 4.78 is 0. The quantitative estimate of drug-likeness (QED) is 0.487. The molecule has 0 spiro atoms. The summed E-state index contributed by atoms with van der Waals surface area (Å²) in [4.78, 5) is 0. The smallest absolute Gasteiger partial charge is 0.105 e. The summed E-state index contributed by atoms with van der Waals surface area (Å²) in [6, 6.07) is 0. The zero-order valence-electron chi connectivity index (χ0n) is 8.34. The van der Waals surface area contributed by atoms with Crippen molar-refractivity contribution in [2.45, 2.75) is 19.2 Å². The first-order valence-electron chi connectivity index (χ1n) is 4.60. The van der Waals surface area contributed by atoms with Crippen LogP contribution >= 0.6 is 11.8 Å². The van der Waals surface area contributed by atoms with Crippen molar-refractivity contribution in [3.63, 3.8) is 0 Å². The largest absolute Gasteiger partial charge is 0.129 e.